The molecule has 1 aromatic rings. The van der Waals surface area contributed by atoms with Gasteiger partial charge in [-0.15, -0.1) is 0 Å². The summed E-state index contributed by atoms with van der Waals surface area (Å²) < 4.78 is 0. The van der Waals surface area contributed by atoms with Gasteiger partial charge in [-0.05, 0) is 17.7 Å². The molecule has 3 nitrogen and oxygen atoms in total. The minimum atomic E-state index is -0.293. The summed E-state index contributed by atoms with van der Waals surface area (Å²) in [5.41, 5.74) is 7.11. The van der Waals surface area contributed by atoms with E-state index in [0.29, 0.717) is 5.56 Å². The molecule has 0 bridgehead atoms. The van der Waals surface area contributed by atoms with Crippen LogP contribution in [0.25, 0.3) is 0 Å². The highest BCUT2D eigenvalue weighted by atomic mass is 14.6. The van der Waals surface area contributed by atoms with Crippen molar-refractivity contribution in [3.63, 3.8) is 0 Å². The third kappa shape index (κ3) is 2.30. The molecular weight excluding hydrogens is 162 g/mol. The van der Waals surface area contributed by atoms with Crippen molar-refractivity contribution in [2.75, 3.05) is 0 Å². The van der Waals surface area contributed by atoms with Crippen LogP contribution < -0.4 is 5.73 Å². The Hall–Kier alpha value is -1.84. The van der Waals surface area contributed by atoms with E-state index in [9.17, 15) is 0 Å². The van der Waals surface area contributed by atoms with Crippen molar-refractivity contribution < 1.29 is 0 Å². The Morgan fingerprint density at radius 3 is 2.77 bits per heavy atom. The van der Waals surface area contributed by atoms with E-state index in [2.05, 4.69) is 0 Å². The smallest absolute Gasteiger partial charge is 0.0991 e. The normalized spacial score (nSPS) is 11.3. The van der Waals surface area contributed by atoms with Crippen LogP contribution in [-0.4, -0.2) is 0 Å². The molecule has 1 rings (SSSR count). The first kappa shape index (κ1) is 9.25. The van der Waals surface area contributed by atoms with Crippen LogP contribution >= 0.6 is 0 Å². The molecule has 0 saturated carbocycles. The fourth-order valence-electron chi connectivity index (χ4n) is 1.06. The Kier molecular flexibility index (Phi) is 3.03. The Bertz CT molecular complexity index is 370. The third-order valence-corrected chi connectivity index (χ3v) is 1.76. The zero-order valence-electron chi connectivity index (χ0n) is 7.07. The molecule has 0 saturated heterocycles. The minimum absolute atomic E-state index is 0.273. The van der Waals surface area contributed by atoms with Crippen molar-refractivity contribution in [3.05, 3.63) is 35.4 Å². The zero-order chi connectivity index (χ0) is 9.68. The monoisotopic (exact) mass is 171 g/mol. The Labute approximate surface area is 77.0 Å². The lowest BCUT2D eigenvalue weighted by Gasteiger charge is -2.06. The Morgan fingerprint density at radius 2 is 2.15 bits per heavy atom. The van der Waals surface area contributed by atoms with Gasteiger partial charge in [-0.3, -0.25) is 0 Å². The van der Waals surface area contributed by atoms with Crippen LogP contribution in [0.2, 0.25) is 0 Å². The van der Waals surface area contributed by atoms with Crippen molar-refractivity contribution in [1.29, 1.82) is 10.5 Å². The number of nitrogens with zero attached hydrogens (tertiary/aromatic N) is 2. The summed E-state index contributed by atoms with van der Waals surface area (Å²) in [4.78, 5) is 0. The second kappa shape index (κ2) is 4.25. The highest BCUT2D eigenvalue weighted by molar-refractivity contribution is 5.34. The van der Waals surface area contributed by atoms with Gasteiger partial charge in [0, 0.05) is 6.04 Å². The molecule has 0 aliphatic carbocycles. The van der Waals surface area contributed by atoms with Crippen LogP contribution in [0.15, 0.2) is 24.3 Å². The molecule has 0 fully saturated rings. The summed E-state index contributed by atoms with van der Waals surface area (Å²) in [5.74, 6) is 0. The van der Waals surface area contributed by atoms with E-state index in [1.165, 1.54) is 0 Å². The molecule has 2 N–H and O–H groups in total. The van der Waals surface area contributed by atoms with Crippen LogP contribution in [0.5, 0.6) is 0 Å². The summed E-state index contributed by atoms with van der Waals surface area (Å²) in [7, 11) is 0. The summed E-state index contributed by atoms with van der Waals surface area (Å²) in [5, 5.41) is 17.0. The molecule has 0 heterocycles. The first-order valence-corrected chi connectivity index (χ1v) is 3.90. The van der Waals surface area contributed by atoms with E-state index in [4.69, 9.17) is 16.3 Å². The van der Waals surface area contributed by atoms with E-state index < -0.39 is 0 Å². The van der Waals surface area contributed by atoms with Gasteiger partial charge >= 0.3 is 0 Å². The van der Waals surface area contributed by atoms with Gasteiger partial charge in [-0.25, -0.2) is 0 Å². The predicted octanol–water partition coefficient (Wildman–Crippen LogP) is 1.47. The van der Waals surface area contributed by atoms with Crippen LogP contribution in [-0.2, 0) is 0 Å². The summed E-state index contributed by atoms with van der Waals surface area (Å²) in [6.45, 7) is 0. The van der Waals surface area contributed by atoms with E-state index >= 15 is 0 Å². The lowest BCUT2D eigenvalue weighted by Crippen LogP contribution is -2.09. The summed E-state index contributed by atoms with van der Waals surface area (Å²) in [6, 6.07) is 10.7. The maximum Gasteiger partial charge on any atom is 0.0991 e. The average Bonchev–Trinajstić information content (AvgIpc) is 2.18. The molecule has 13 heavy (non-hydrogen) atoms. The Morgan fingerprint density at radius 1 is 1.38 bits per heavy atom. The first-order valence-electron chi connectivity index (χ1n) is 3.90. The van der Waals surface area contributed by atoms with Crippen LogP contribution in [0.1, 0.15) is 23.6 Å². The van der Waals surface area contributed by atoms with Gasteiger partial charge in [0.25, 0.3) is 0 Å². The molecule has 1 aromatic carbocycles. The summed E-state index contributed by atoms with van der Waals surface area (Å²) in [6.07, 6.45) is 0.273. The number of nitriles is 2. The molecule has 64 valence electrons. The quantitative estimate of drug-likeness (QED) is 0.732. The average molecular weight is 171 g/mol. The molecule has 0 radical (unpaired) electrons. The maximum atomic E-state index is 8.62. The molecule has 0 amide bonds. The molecule has 0 aliphatic rings. The van der Waals surface area contributed by atoms with Gasteiger partial charge in [-0.1, -0.05) is 12.1 Å². The molecular formula is C10H9N3. The van der Waals surface area contributed by atoms with E-state index in [1.54, 1.807) is 18.2 Å². The van der Waals surface area contributed by atoms with Crippen molar-refractivity contribution >= 4 is 0 Å². The SMILES string of the molecule is N#CCC(N)c1cccc(C#N)c1. The highest BCUT2D eigenvalue weighted by Gasteiger charge is 2.04. The molecule has 1 unspecified atom stereocenters. The number of hydrogen-bond acceptors (Lipinski definition) is 3. The van der Waals surface area contributed by atoms with E-state index in [0.717, 1.165) is 5.56 Å². The van der Waals surface area contributed by atoms with Crippen LogP contribution in [0.3, 0.4) is 0 Å². The first-order chi connectivity index (χ1) is 6.27. The molecule has 1 atom stereocenters. The van der Waals surface area contributed by atoms with Crippen molar-refractivity contribution in [1.82, 2.24) is 0 Å². The molecule has 3 heteroatoms. The number of hydrogen-bond donors (Lipinski definition) is 1. The molecule has 0 aromatic heterocycles. The highest BCUT2D eigenvalue weighted by Crippen LogP contribution is 2.14. The fraction of sp³-hybridized carbons (Fsp3) is 0.200. The largest absolute Gasteiger partial charge is 0.323 e. The maximum absolute atomic E-state index is 8.62. The van der Waals surface area contributed by atoms with Gasteiger partial charge in [0.2, 0.25) is 0 Å². The van der Waals surface area contributed by atoms with E-state index in [1.807, 2.05) is 18.2 Å². The molecule has 0 aliphatic heterocycles. The van der Waals surface area contributed by atoms with Crippen LogP contribution in [0.4, 0.5) is 0 Å². The van der Waals surface area contributed by atoms with Crippen LogP contribution in [0, 0.1) is 22.7 Å². The summed E-state index contributed by atoms with van der Waals surface area (Å²) >= 11 is 0. The Balaban J connectivity index is 2.91. The third-order valence-electron chi connectivity index (χ3n) is 1.76. The number of nitrogens with two attached hydrogens (primary N) is 1. The second-order valence-corrected chi connectivity index (χ2v) is 2.71. The van der Waals surface area contributed by atoms with E-state index in [-0.39, 0.29) is 12.5 Å². The number of rotatable bonds is 2. The number of benzene rings is 1. The van der Waals surface area contributed by atoms with Crippen molar-refractivity contribution in [2.24, 2.45) is 5.73 Å². The van der Waals surface area contributed by atoms with Crippen molar-refractivity contribution in [2.45, 2.75) is 12.5 Å². The molecule has 0 spiro atoms. The van der Waals surface area contributed by atoms with Gasteiger partial charge < -0.3 is 5.73 Å². The lowest BCUT2D eigenvalue weighted by molar-refractivity contribution is 0.748. The standard InChI is InChI=1S/C10H9N3/c11-5-4-10(13)9-3-1-2-8(6-9)7-12/h1-3,6,10H,4,13H2. The second-order valence-electron chi connectivity index (χ2n) is 2.71. The van der Waals surface area contributed by atoms with Gasteiger partial charge in [0.05, 0.1) is 24.1 Å². The van der Waals surface area contributed by atoms with Gasteiger partial charge in [0.1, 0.15) is 0 Å². The van der Waals surface area contributed by atoms with Crippen molar-refractivity contribution in [3.8, 4) is 12.1 Å². The minimum Gasteiger partial charge on any atom is -0.323 e. The van der Waals surface area contributed by atoms with Gasteiger partial charge in [-0.2, -0.15) is 10.5 Å². The topological polar surface area (TPSA) is 73.6 Å². The fourth-order valence-corrected chi connectivity index (χ4v) is 1.06. The van der Waals surface area contributed by atoms with Gasteiger partial charge in [0.15, 0.2) is 0 Å². The zero-order valence-corrected chi connectivity index (χ0v) is 7.07. The predicted molar refractivity (Wildman–Crippen MR) is 48.3 cm³/mol. The lowest BCUT2D eigenvalue weighted by atomic mass is 10.0.